The zero-order chi connectivity index (χ0) is 16.7. The van der Waals surface area contributed by atoms with Crippen LogP contribution >= 0.6 is 0 Å². The number of nitrogens with one attached hydrogen (secondary N) is 2. The molecule has 0 unspecified atom stereocenters. The van der Waals surface area contributed by atoms with Crippen molar-refractivity contribution in [3.8, 4) is 5.88 Å². The van der Waals surface area contributed by atoms with Crippen molar-refractivity contribution >= 4 is 17.7 Å². The highest BCUT2D eigenvalue weighted by molar-refractivity contribution is 5.91. The van der Waals surface area contributed by atoms with Crippen LogP contribution in [0.3, 0.4) is 0 Å². The van der Waals surface area contributed by atoms with Crippen LogP contribution in [-0.2, 0) is 9.53 Å². The third-order valence-corrected chi connectivity index (χ3v) is 4.05. The molecule has 1 aliphatic carbocycles. The molecule has 2 amide bonds. The Morgan fingerprint density at radius 3 is 2.74 bits per heavy atom. The van der Waals surface area contributed by atoms with Crippen LogP contribution in [0, 0.1) is 5.92 Å². The van der Waals surface area contributed by atoms with Gasteiger partial charge < -0.3 is 20.1 Å². The van der Waals surface area contributed by atoms with Gasteiger partial charge in [-0.25, -0.2) is 9.78 Å². The molecule has 0 radical (unpaired) electrons. The summed E-state index contributed by atoms with van der Waals surface area (Å²) in [5.41, 5.74) is 0.482. The van der Waals surface area contributed by atoms with E-state index < -0.39 is 0 Å². The van der Waals surface area contributed by atoms with Crippen molar-refractivity contribution in [1.29, 1.82) is 0 Å². The summed E-state index contributed by atoms with van der Waals surface area (Å²) in [5.74, 6) is -0.228. The maximum atomic E-state index is 12.3. The fourth-order valence-corrected chi connectivity index (χ4v) is 2.89. The van der Waals surface area contributed by atoms with E-state index in [0.717, 1.165) is 32.1 Å². The van der Waals surface area contributed by atoms with Crippen LogP contribution in [0.15, 0.2) is 18.3 Å². The van der Waals surface area contributed by atoms with Crippen LogP contribution < -0.4 is 15.4 Å². The molecule has 1 aromatic rings. The monoisotopic (exact) mass is 321 g/mol. The summed E-state index contributed by atoms with van der Waals surface area (Å²) in [7, 11) is 2.87. The Kier molecular flexibility index (Phi) is 6.19. The number of pyridine rings is 1. The summed E-state index contributed by atoms with van der Waals surface area (Å²) in [4.78, 5) is 28.2. The van der Waals surface area contributed by atoms with Gasteiger partial charge in [-0.15, -0.1) is 0 Å². The van der Waals surface area contributed by atoms with Crippen LogP contribution in [0.25, 0.3) is 0 Å². The molecule has 1 aliphatic rings. The van der Waals surface area contributed by atoms with E-state index in [4.69, 9.17) is 9.47 Å². The Morgan fingerprint density at radius 2 is 2.00 bits per heavy atom. The molecule has 0 aromatic carbocycles. The number of carbonyl (C=O) groups is 2. The number of ether oxygens (including phenoxy) is 2. The maximum Gasteiger partial charge on any atom is 0.319 e. The summed E-state index contributed by atoms with van der Waals surface area (Å²) in [6.07, 6.45) is 6.08. The van der Waals surface area contributed by atoms with Gasteiger partial charge in [0, 0.05) is 12.2 Å². The summed E-state index contributed by atoms with van der Waals surface area (Å²) in [5, 5.41) is 5.61. The van der Waals surface area contributed by atoms with E-state index in [-0.39, 0.29) is 24.0 Å². The van der Waals surface area contributed by atoms with Gasteiger partial charge in [0.25, 0.3) is 0 Å². The maximum absolute atomic E-state index is 12.3. The third kappa shape index (κ3) is 4.58. The number of aromatic nitrogens is 1. The minimum absolute atomic E-state index is 0.229. The first-order valence-corrected chi connectivity index (χ1v) is 7.80. The van der Waals surface area contributed by atoms with Crippen molar-refractivity contribution in [2.24, 2.45) is 5.92 Å². The van der Waals surface area contributed by atoms with Crippen LogP contribution in [0.1, 0.15) is 32.1 Å². The highest BCUT2D eigenvalue weighted by Crippen LogP contribution is 2.25. The van der Waals surface area contributed by atoms with E-state index >= 15 is 0 Å². The fraction of sp³-hybridized carbons (Fsp3) is 0.562. The Morgan fingerprint density at radius 1 is 1.22 bits per heavy atom. The molecule has 1 saturated carbocycles. The molecule has 0 saturated heterocycles. The van der Waals surface area contributed by atoms with Crippen LogP contribution in [0.4, 0.5) is 10.5 Å². The fourth-order valence-electron chi connectivity index (χ4n) is 2.89. The van der Waals surface area contributed by atoms with Crippen LogP contribution in [-0.4, -0.2) is 37.2 Å². The first kappa shape index (κ1) is 17.1. The van der Waals surface area contributed by atoms with Gasteiger partial charge in [0.05, 0.1) is 20.1 Å². The number of nitrogens with zero attached hydrogens (tertiary/aromatic N) is 1. The molecule has 126 valence electrons. The number of methoxy groups -OCH3 is 2. The summed E-state index contributed by atoms with van der Waals surface area (Å²) >= 11 is 0. The van der Waals surface area contributed by atoms with Gasteiger partial charge in [-0.05, 0) is 25.0 Å². The number of hydrogen-bond acceptors (Lipinski definition) is 5. The van der Waals surface area contributed by atoms with E-state index in [1.54, 1.807) is 18.3 Å². The van der Waals surface area contributed by atoms with E-state index in [2.05, 4.69) is 15.6 Å². The Bertz CT molecular complexity index is 550. The topological polar surface area (TPSA) is 89.5 Å². The minimum atomic E-state index is -0.378. The molecule has 1 fully saturated rings. The molecule has 7 nitrogen and oxygen atoms in total. The lowest BCUT2D eigenvalue weighted by Crippen LogP contribution is -2.45. The summed E-state index contributed by atoms with van der Waals surface area (Å²) < 4.78 is 9.98. The van der Waals surface area contributed by atoms with Crippen molar-refractivity contribution in [2.45, 2.75) is 38.1 Å². The molecule has 1 heterocycles. The van der Waals surface area contributed by atoms with Crippen molar-refractivity contribution in [2.75, 3.05) is 19.5 Å². The van der Waals surface area contributed by atoms with E-state index in [1.807, 2.05) is 0 Å². The Hall–Kier alpha value is -2.31. The molecule has 23 heavy (non-hydrogen) atoms. The standard InChI is InChI=1S/C16H23N3O4/c1-22-14-13(9-6-10-17-14)19-16(21)18-12-8-5-3-4-7-11(12)15(20)23-2/h6,9-12H,3-5,7-8H2,1-2H3,(H2,18,19,21)/t11-,12-/m0/s1. The lowest BCUT2D eigenvalue weighted by molar-refractivity contribution is -0.146. The van der Waals surface area contributed by atoms with Gasteiger partial charge in [0.1, 0.15) is 5.69 Å². The molecule has 2 N–H and O–H groups in total. The van der Waals surface area contributed by atoms with Crippen LogP contribution in [0.2, 0.25) is 0 Å². The van der Waals surface area contributed by atoms with E-state index in [1.165, 1.54) is 14.2 Å². The first-order valence-electron chi connectivity index (χ1n) is 7.80. The lowest BCUT2D eigenvalue weighted by atomic mass is 9.95. The van der Waals surface area contributed by atoms with Crippen molar-refractivity contribution < 1.29 is 19.1 Å². The smallest absolute Gasteiger partial charge is 0.319 e. The van der Waals surface area contributed by atoms with Gasteiger partial charge in [-0.2, -0.15) is 0 Å². The molecule has 2 rings (SSSR count). The molecule has 1 aromatic heterocycles. The minimum Gasteiger partial charge on any atom is -0.480 e. The van der Waals surface area contributed by atoms with E-state index in [9.17, 15) is 9.59 Å². The summed E-state index contributed by atoms with van der Waals surface area (Å²) in [6, 6.07) is 2.81. The molecule has 0 spiro atoms. The zero-order valence-corrected chi connectivity index (χ0v) is 13.5. The number of hydrogen-bond donors (Lipinski definition) is 2. The second-order valence-corrected chi connectivity index (χ2v) is 5.53. The van der Waals surface area contributed by atoms with Gasteiger partial charge >= 0.3 is 12.0 Å². The zero-order valence-electron chi connectivity index (χ0n) is 13.5. The number of amides is 2. The number of rotatable bonds is 4. The normalized spacial score (nSPS) is 21.0. The third-order valence-electron chi connectivity index (χ3n) is 4.05. The molecule has 2 atom stereocenters. The molecule has 7 heteroatoms. The van der Waals surface area contributed by atoms with Gasteiger partial charge in [-0.1, -0.05) is 19.3 Å². The largest absolute Gasteiger partial charge is 0.480 e. The SMILES string of the molecule is COC(=O)[C@H]1CCCCC[C@@H]1NC(=O)Nc1cccnc1OC. The lowest BCUT2D eigenvalue weighted by Gasteiger charge is -2.24. The predicted octanol–water partition coefficient (Wildman–Crippen LogP) is 2.33. The van der Waals surface area contributed by atoms with Gasteiger partial charge in [0.2, 0.25) is 5.88 Å². The number of anilines is 1. The average Bonchev–Trinajstić information content (AvgIpc) is 2.80. The number of esters is 1. The molecular formula is C16H23N3O4. The highest BCUT2D eigenvalue weighted by atomic mass is 16.5. The highest BCUT2D eigenvalue weighted by Gasteiger charge is 2.31. The average molecular weight is 321 g/mol. The van der Waals surface area contributed by atoms with Gasteiger partial charge in [0.15, 0.2) is 0 Å². The van der Waals surface area contributed by atoms with Crippen LogP contribution in [0.5, 0.6) is 5.88 Å². The van der Waals surface area contributed by atoms with Crippen molar-refractivity contribution in [3.63, 3.8) is 0 Å². The van der Waals surface area contributed by atoms with Crippen molar-refractivity contribution in [1.82, 2.24) is 10.3 Å². The molecular weight excluding hydrogens is 298 g/mol. The Balaban J connectivity index is 2.03. The first-order chi connectivity index (χ1) is 11.2. The van der Waals surface area contributed by atoms with E-state index in [0.29, 0.717) is 11.6 Å². The summed E-state index contributed by atoms with van der Waals surface area (Å²) in [6.45, 7) is 0. The second kappa shape index (κ2) is 8.36. The second-order valence-electron chi connectivity index (χ2n) is 5.53. The predicted molar refractivity (Wildman–Crippen MR) is 85.3 cm³/mol. The molecule has 0 bridgehead atoms. The molecule has 0 aliphatic heterocycles. The number of urea groups is 1. The van der Waals surface area contributed by atoms with Crippen molar-refractivity contribution in [3.05, 3.63) is 18.3 Å². The quantitative estimate of drug-likeness (QED) is 0.656. The Labute approximate surface area is 135 Å². The number of carbonyl (C=O) groups excluding carboxylic acids is 2. The van der Waals surface area contributed by atoms with Gasteiger partial charge in [-0.3, -0.25) is 4.79 Å².